The summed E-state index contributed by atoms with van der Waals surface area (Å²) in [6, 6.07) is 0. The summed E-state index contributed by atoms with van der Waals surface area (Å²) in [6.45, 7) is 11.2. The average Bonchev–Trinajstić information content (AvgIpc) is 2.99. The summed E-state index contributed by atoms with van der Waals surface area (Å²) in [5.41, 5.74) is 2.43. The van der Waals surface area contributed by atoms with E-state index in [1.807, 2.05) is 18.8 Å². The topological polar surface area (TPSA) is 57.9 Å². The van der Waals surface area contributed by atoms with Crippen molar-refractivity contribution in [2.24, 2.45) is 12.0 Å². The van der Waals surface area contributed by atoms with E-state index < -0.39 is 0 Å². The predicted molar refractivity (Wildman–Crippen MR) is 107 cm³/mol. The van der Waals surface area contributed by atoms with Crippen molar-refractivity contribution in [3.8, 4) is 0 Å². The van der Waals surface area contributed by atoms with Crippen LogP contribution in [0.1, 0.15) is 43.9 Å². The van der Waals surface area contributed by atoms with E-state index in [1.165, 1.54) is 17.7 Å². The molecule has 7 heteroatoms. The summed E-state index contributed by atoms with van der Waals surface area (Å²) < 4.78 is 7.29. The maximum Gasteiger partial charge on any atom is 0.193 e. The first-order valence-electron chi connectivity index (χ1n) is 9.75. The first kappa shape index (κ1) is 20.7. The van der Waals surface area contributed by atoms with E-state index in [-0.39, 0.29) is 0 Å². The monoisotopic (exact) mass is 364 g/mol. The molecule has 7 nitrogen and oxygen atoms in total. The lowest BCUT2D eigenvalue weighted by Gasteiger charge is -2.26. The zero-order valence-electron chi connectivity index (χ0n) is 17.2. The van der Waals surface area contributed by atoms with Crippen LogP contribution < -0.4 is 5.32 Å². The maximum absolute atomic E-state index is 5.39. The van der Waals surface area contributed by atoms with Gasteiger partial charge in [-0.15, -0.1) is 0 Å². The van der Waals surface area contributed by atoms with Gasteiger partial charge in [0.15, 0.2) is 5.96 Å². The zero-order chi connectivity index (χ0) is 18.9. The number of guanidine groups is 1. The van der Waals surface area contributed by atoms with Gasteiger partial charge in [-0.1, -0.05) is 13.8 Å². The van der Waals surface area contributed by atoms with Crippen molar-refractivity contribution in [1.29, 1.82) is 0 Å². The van der Waals surface area contributed by atoms with E-state index in [4.69, 9.17) is 4.74 Å². The second-order valence-corrected chi connectivity index (χ2v) is 7.36. The lowest BCUT2D eigenvalue weighted by atomic mass is 10.1. The zero-order valence-corrected chi connectivity index (χ0v) is 17.2. The Morgan fingerprint density at radius 3 is 2.73 bits per heavy atom. The summed E-state index contributed by atoms with van der Waals surface area (Å²) in [4.78, 5) is 9.09. The van der Waals surface area contributed by atoms with E-state index in [0.717, 1.165) is 58.3 Å². The highest BCUT2D eigenvalue weighted by atomic mass is 16.5. The molecule has 0 bridgehead atoms. The van der Waals surface area contributed by atoms with Crippen molar-refractivity contribution in [1.82, 2.24) is 24.9 Å². The second-order valence-electron chi connectivity index (χ2n) is 7.36. The molecule has 1 fully saturated rings. The Hall–Kier alpha value is -1.60. The van der Waals surface area contributed by atoms with Crippen molar-refractivity contribution < 1.29 is 4.74 Å². The Labute approximate surface area is 158 Å². The first-order chi connectivity index (χ1) is 12.5. The quantitative estimate of drug-likeness (QED) is 0.432. The number of unbranched alkanes of at least 4 members (excludes halogenated alkanes) is 1. The molecule has 1 aliphatic rings. The number of rotatable bonds is 8. The van der Waals surface area contributed by atoms with E-state index in [9.17, 15) is 0 Å². The molecule has 0 unspecified atom stereocenters. The molecule has 1 aromatic rings. The third kappa shape index (κ3) is 6.29. The molecule has 0 amide bonds. The largest absolute Gasteiger partial charge is 0.379 e. The Bertz CT molecular complexity index is 562. The Balaban J connectivity index is 1.73. The summed E-state index contributed by atoms with van der Waals surface area (Å²) in [5.74, 6) is 1.37. The number of nitrogens with one attached hydrogen (secondary N) is 1. The number of hydrogen-bond donors (Lipinski definition) is 1. The minimum absolute atomic E-state index is 0.426. The molecule has 0 atom stereocenters. The summed E-state index contributed by atoms with van der Waals surface area (Å²) in [6.07, 6.45) is 4.46. The molecule has 1 aliphatic heterocycles. The highest BCUT2D eigenvalue weighted by Gasteiger charge is 2.15. The molecule has 26 heavy (non-hydrogen) atoms. The fourth-order valence-electron chi connectivity index (χ4n) is 3.36. The van der Waals surface area contributed by atoms with Gasteiger partial charge in [-0.2, -0.15) is 5.10 Å². The number of morpholine rings is 1. The molecular weight excluding hydrogens is 328 g/mol. The minimum Gasteiger partial charge on any atom is -0.379 e. The fourth-order valence-corrected chi connectivity index (χ4v) is 3.36. The number of ether oxygens (including phenoxy) is 1. The second kappa shape index (κ2) is 10.5. The summed E-state index contributed by atoms with van der Waals surface area (Å²) >= 11 is 0. The normalized spacial score (nSPS) is 16.3. The molecule has 0 radical (unpaired) electrons. The van der Waals surface area contributed by atoms with Gasteiger partial charge < -0.3 is 15.0 Å². The van der Waals surface area contributed by atoms with Crippen molar-refractivity contribution in [2.45, 2.75) is 39.2 Å². The van der Waals surface area contributed by atoms with Crippen LogP contribution in [0.15, 0.2) is 11.2 Å². The molecule has 1 saturated heterocycles. The van der Waals surface area contributed by atoms with Crippen LogP contribution >= 0.6 is 0 Å². The molecule has 0 spiro atoms. The van der Waals surface area contributed by atoms with Crippen LogP contribution in [0.25, 0.3) is 0 Å². The molecule has 2 heterocycles. The van der Waals surface area contributed by atoms with Gasteiger partial charge in [-0.3, -0.25) is 14.6 Å². The van der Waals surface area contributed by atoms with E-state index in [0.29, 0.717) is 5.92 Å². The van der Waals surface area contributed by atoms with E-state index in [2.05, 4.69) is 52.3 Å². The van der Waals surface area contributed by atoms with E-state index >= 15 is 0 Å². The van der Waals surface area contributed by atoms with Crippen LogP contribution in [0, 0.1) is 0 Å². The Kier molecular flexibility index (Phi) is 8.38. The van der Waals surface area contributed by atoms with Gasteiger partial charge in [0.1, 0.15) is 0 Å². The lowest BCUT2D eigenvalue weighted by molar-refractivity contribution is 0.0372. The molecule has 0 aromatic carbocycles. The van der Waals surface area contributed by atoms with Gasteiger partial charge in [0.05, 0.1) is 18.9 Å². The number of nitrogens with zero attached hydrogens (tertiary/aromatic N) is 5. The highest BCUT2D eigenvalue weighted by molar-refractivity contribution is 5.79. The standard InChI is InChI=1S/C19H36N6O/c1-16(2)18-17(15-24(5)22-18)14-23(4)19(20-3)21-8-6-7-9-25-10-12-26-13-11-25/h15-16H,6-14H2,1-5H3,(H,20,21). The van der Waals surface area contributed by atoms with Crippen molar-refractivity contribution in [2.75, 3.05) is 53.5 Å². The SMILES string of the molecule is CN=C(NCCCCN1CCOCC1)N(C)Cc1cn(C)nc1C(C)C. The van der Waals surface area contributed by atoms with E-state index in [1.54, 1.807) is 0 Å². The molecule has 1 aromatic heterocycles. The van der Waals surface area contributed by atoms with Gasteiger partial charge >= 0.3 is 0 Å². The average molecular weight is 365 g/mol. The number of aliphatic imine (C=N–C) groups is 1. The summed E-state index contributed by atoms with van der Waals surface area (Å²) in [5, 5.41) is 8.08. The highest BCUT2D eigenvalue weighted by Crippen LogP contribution is 2.18. The Morgan fingerprint density at radius 1 is 1.35 bits per heavy atom. The van der Waals surface area contributed by atoms with Crippen molar-refractivity contribution >= 4 is 5.96 Å². The third-order valence-electron chi connectivity index (χ3n) is 4.75. The van der Waals surface area contributed by atoms with Gasteiger partial charge in [0.25, 0.3) is 0 Å². The smallest absolute Gasteiger partial charge is 0.193 e. The molecule has 1 N–H and O–H groups in total. The molecule has 148 valence electrons. The van der Waals surface area contributed by atoms with Crippen molar-refractivity contribution in [3.05, 3.63) is 17.5 Å². The molecular formula is C19H36N6O. The van der Waals surface area contributed by atoms with Crippen LogP contribution in [0.2, 0.25) is 0 Å². The van der Waals surface area contributed by atoms with Crippen LogP contribution in [0.5, 0.6) is 0 Å². The predicted octanol–water partition coefficient (Wildman–Crippen LogP) is 1.66. The molecule has 0 saturated carbocycles. The third-order valence-corrected chi connectivity index (χ3v) is 4.75. The van der Waals surface area contributed by atoms with Gasteiger partial charge in [-0.25, -0.2) is 0 Å². The molecule has 0 aliphatic carbocycles. The van der Waals surface area contributed by atoms with Crippen LogP contribution in [0.4, 0.5) is 0 Å². The van der Waals surface area contributed by atoms with Gasteiger partial charge in [0.2, 0.25) is 0 Å². The van der Waals surface area contributed by atoms with Crippen LogP contribution in [0.3, 0.4) is 0 Å². The number of aryl methyl sites for hydroxylation is 1. The molecule has 2 rings (SSSR count). The first-order valence-corrected chi connectivity index (χ1v) is 9.75. The lowest BCUT2D eigenvalue weighted by Crippen LogP contribution is -2.39. The maximum atomic E-state index is 5.39. The fraction of sp³-hybridized carbons (Fsp3) is 0.789. The van der Waals surface area contributed by atoms with Crippen molar-refractivity contribution in [3.63, 3.8) is 0 Å². The van der Waals surface area contributed by atoms with Crippen LogP contribution in [-0.4, -0.2) is 79.0 Å². The Morgan fingerprint density at radius 2 is 2.08 bits per heavy atom. The number of aromatic nitrogens is 2. The minimum atomic E-state index is 0.426. The van der Waals surface area contributed by atoms with Gasteiger partial charge in [-0.05, 0) is 25.3 Å². The number of hydrogen-bond acceptors (Lipinski definition) is 4. The van der Waals surface area contributed by atoms with Gasteiger partial charge in [0, 0.05) is 59.1 Å². The van der Waals surface area contributed by atoms with Crippen LogP contribution in [-0.2, 0) is 18.3 Å². The summed E-state index contributed by atoms with van der Waals surface area (Å²) in [7, 11) is 5.91.